The van der Waals surface area contributed by atoms with Crippen molar-refractivity contribution in [2.45, 2.75) is 57.5 Å². The van der Waals surface area contributed by atoms with Crippen molar-refractivity contribution in [3.63, 3.8) is 0 Å². The van der Waals surface area contributed by atoms with Crippen LogP contribution in [-0.4, -0.2) is 59.7 Å². The largest absolute Gasteiger partial charge is 0.464 e. The fourth-order valence-electron chi connectivity index (χ4n) is 6.56. The molecule has 0 N–H and O–H groups in total. The van der Waals surface area contributed by atoms with E-state index in [0.29, 0.717) is 25.3 Å². The first-order valence-corrected chi connectivity index (χ1v) is 13.2. The molecule has 0 aliphatic carbocycles. The molecule has 0 unspecified atom stereocenters. The van der Waals surface area contributed by atoms with Crippen molar-refractivity contribution in [3.8, 4) is 6.01 Å². The van der Waals surface area contributed by atoms with Crippen LogP contribution >= 0.6 is 0 Å². The second kappa shape index (κ2) is 9.36. The average molecular weight is 487 g/mol. The molecule has 4 heterocycles. The summed E-state index contributed by atoms with van der Waals surface area (Å²) in [7, 11) is 1.41. The minimum atomic E-state index is -0.424. The summed E-state index contributed by atoms with van der Waals surface area (Å²) in [6.45, 7) is 6.44. The smallest absolute Gasteiger partial charge is 0.357 e. The van der Waals surface area contributed by atoms with E-state index in [1.165, 1.54) is 42.0 Å². The fraction of sp³-hybridized carbons (Fsp3) is 0.483. The van der Waals surface area contributed by atoms with Gasteiger partial charge in [-0.2, -0.15) is 9.97 Å². The van der Waals surface area contributed by atoms with Crippen molar-refractivity contribution < 1.29 is 14.3 Å². The third-order valence-corrected chi connectivity index (χ3v) is 8.40. The molecule has 2 aromatic carbocycles. The number of nitrogens with zero attached hydrogens (tertiary/aromatic N) is 4. The van der Waals surface area contributed by atoms with Gasteiger partial charge in [-0.15, -0.1) is 0 Å². The third-order valence-electron chi connectivity index (χ3n) is 8.40. The minimum Gasteiger partial charge on any atom is -0.464 e. The maximum Gasteiger partial charge on any atom is 0.357 e. The molecule has 2 fully saturated rings. The summed E-state index contributed by atoms with van der Waals surface area (Å²) in [5.74, 6) is -0.424. The number of rotatable bonds is 6. The van der Waals surface area contributed by atoms with Crippen molar-refractivity contribution in [1.29, 1.82) is 0 Å². The summed E-state index contributed by atoms with van der Waals surface area (Å²) in [6, 6.07) is 13.3. The van der Waals surface area contributed by atoms with Gasteiger partial charge in [0.25, 0.3) is 0 Å². The van der Waals surface area contributed by atoms with Gasteiger partial charge in [0.05, 0.1) is 24.9 Å². The van der Waals surface area contributed by atoms with E-state index in [4.69, 9.17) is 14.5 Å². The number of fused-ring (bicyclic) bond motifs is 3. The molecule has 3 aliphatic heterocycles. The van der Waals surface area contributed by atoms with E-state index in [1.807, 2.05) is 0 Å². The van der Waals surface area contributed by atoms with Crippen LogP contribution < -0.4 is 9.64 Å². The molecule has 0 amide bonds. The number of hydrogen-bond acceptors (Lipinski definition) is 7. The van der Waals surface area contributed by atoms with Crippen molar-refractivity contribution in [3.05, 3.63) is 58.9 Å². The molecular formula is C29H34N4O3. The lowest BCUT2D eigenvalue weighted by molar-refractivity contribution is 0.0588. The molecule has 0 atom stereocenters. The van der Waals surface area contributed by atoms with Crippen LogP contribution in [0.4, 0.5) is 5.69 Å². The highest BCUT2D eigenvalue weighted by Gasteiger charge is 2.45. The number of aryl methyl sites for hydroxylation is 1. The molecule has 0 radical (unpaired) electrons. The number of methoxy groups -OCH3 is 1. The van der Waals surface area contributed by atoms with Gasteiger partial charge in [0, 0.05) is 23.2 Å². The molecule has 1 aromatic heterocycles. The summed E-state index contributed by atoms with van der Waals surface area (Å²) in [5.41, 5.74) is 4.72. The highest BCUT2D eigenvalue weighted by molar-refractivity contribution is 5.97. The molecule has 36 heavy (non-hydrogen) atoms. The van der Waals surface area contributed by atoms with Crippen LogP contribution in [0.2, 0.25) is 0 Å². The van der Waals surface area contributed by atoms with Gasteiger partial charge in [-0.1, -0.05) is 37.3 Å². The first-order valence-electron chi connectivity index (χ1n) is 13.2. The van der Waals surface area contributed by atoms with Gasteiger partial charge in [-0.25, -0.2) is 4.79 Å². The Hall–Kier alpha value is -3.19. The Balaban J connectivity index is 1.34. The Kier molecular flexibility index (Phi) is 6.04. The zero-order valence-electron chi connectivity index (χ0n) is 21.3. The normalized spacial score (nSPS) is 18.8. The third kappa shape index (κ3) is 3.90. The number of carbonyl (C=O) groups excluding carboxylic acids is 1. The van der Waals surface area contributed by atoms with Crippen LogP contribution in [-0.2, 0) is 24.1 Å². The number of aromatic nitrogens is 2. The molecule has 6 rings (SSSR count). The SMILES string of the molecule is CCc1cccc2cccc(N3CCc4c(nc(OCC56CCCN5CCC6)nc4C(=O)OC)C3)c12. The topological polar surface area (TPSA) is 67.8 Å². The molecule has 3 aliphatic rings. The Morgan fingerprint density at radius 2 is 1.83 bits per heavy atom. The van der Waals surface area contributed by atoms with E-state index in [0.717, 1.165) is 50.2 Å². The maximum absolute atomic E-state index is 12.7. The lowest BCUT2D eigenvalue weighted by Gasteiger charge is -2.33. The standard InChI is InChI=1S/C29H34N4O3/c1-3-20-8-4-9-21-10-5-11-24(25(20)21)32-17-12-22-23(18-32)30-28(31-26(22)27(34)35-2)36-19-29-13-6-15-33(29)16-7-14-29/h4-5,8-11H,3,6-7,12-19H2,1-2H3. The number of ether oxygens (including phenoxy) is 2. The van der Waals surface area contributed by atoms with Crippen LogP contribution in [0.15, 0.2) is 36.4 Å². The van der Waals surface area contributed by atoms with Gasteiger partial charge in [0.2, 0.25) is 0 Å². The van der Waals surface area contributed by atoms with Crippen molar-refractivity contribution in [2.24, 2.45) is 0 Å². The van der Waals surface area contributed by atoms with Gasteiger partial charge in [0.15, 0.2) is 5.69 Å². The first-order chi connectivity index (χ1) is 17.6. The van der Waals surface area contributed by atoms with Gasteiger partial charge < -0.3 is 14.4 Å². The molecule has 7 heteroatoms. The molecule has 7 nitrogen and oxygen atoms in total. The molecule has 2 saturated heterocycles. The quantitative estimate of drug-likeness (QED) is 0.474. The minimum absolute atomic E-state index is 0.0935. The number of esters is 1. The fourth-order valence-corrected chi connectivity index (χ4v) is 6.56. The Labute approximate surface area is 212 Å². The molecule has 0 bridgehead atoms. The summed E-state index contributed by atoms with van der Waals surface area (Å²) in [5, 5.41) is 2.54. The number of benzene rings is 2. The molecule has 0 saturated carbocycles. The first kappa shape index (κ1) is 23.2. The van der Waals surface area contributed by atoms with Crippen molar-refractivity contribution in [2.75, 3.05) is 38.3 Å². The Morgan fingerprint density at radius 1 is 1.06 bits per heavy atom. The summed E-state index contributed by atoms with van der Waals surface area (Å²) in [4.78, 5) is 27.0. The van der Waals surface area contributed by atoms with Crippen molar-refractivity contribution in [1.82, 2.24) is 14.9 Å². The van der Waals surface area contributed by atoms with Crippen LogP contribution in [0.25, 0.3) is 10.8 Å². The van der Waals surface area contributed by atoms with E-state index in [2.05, 4.69) is 58.1 Å². The van der Waals surface area contributed by atoms with Gasteiger partial charge in [0.1, 0.15) is 6.61 Å². The van der Waals surface area contributed by atoms with Gasteiger partial charge >= 0.3 is 12.0 Å². The number of anilines is 1. The van der Waals surface area contributed by atoms with E-state index >= 15 is 0 Å². The molecule has 188 valence electrons. The number of carbonyl (C=O) groups is 1. The zero-order chi connectivity index (χ0) is 24.7. The van der Waals surface area contributed by atoms with E-state index in [-0.39, 0.29) is 11.5 Å². The van der Waals surface area contributed by atoms with Crippen LogP contribution in [0.1, 0.15) is 59.9 Å². The van der Waals surface area contributed by atoms with Gasteiger partial charge in [-0.3, -0.25) is 4.90 Å². The average Bonchev–Trinajstić information content (AvgIpc) is 3.50. The molecule has 0 spiro atoms. The number of hydrogen-bond donors (Lipinski definition) is 0. The zero-order valence-corrected chi connectivity index (χ0v) is 21.3. The summed E-state index contributed by atoms with van der Waals surface area (Å²) in [6.07, 6.45) is 6.38. The molecule has 3 aromatic rings. The lowest BCUT2D eigenvalue weighted by Crippen LogP contribution is -2.43. The second-order valence-corrected chi connectivity index (χ2v) is 10.3. The van der Waals surface area contributed by atoms with E-state index < -0.39 is 5.97 Å². The highest BCUT2D eigenvalue weighted by Crippen LogP contribution is 2.39. The van der Waals surface area contributed by atoms with Gasteiger partial charge in [-0.05, 0) is 68.6 Å². The van der Waals surface area contributed by atoms with E-state index in [1.54, 1.807) is 0 Å². The van der Waals surface area contributed by atoms with Crippen LogP contribution in [0.5, 0.6) is 6.01 Å². The van der Waals surface area contributed by atoms with E-state index in [9.17, 15) is 4.79 Å². The van der Waals surface area contributed by atoms with Crippen LogP contribution in [0, 0.1) is 0 Å². The predicted molar refractivity (Wildman–Crippen MR) is 140 cm³/mol. The Morgan fingerprint density at radius 3 is 2.58 bits per heavy atom. The lowest BCUT2D eigenvalue weighted by atomic mass is 9.95. The van der Waals surface area contributed by atoms with Crippen LogP contribution in [0.3, 0.4) is 0 Å². The summed E-state index contributed by atoms with van der Waals surface area (Å²) < 4.78 is 11.3. The monoisotopic (exact) mass is 486 g/mol. The van der Waals surface area contributed by atoms with Crippen molar-refractivity contribution >= 4 is 22.4 Å². The maximum atomic E-state index is 12.7. The second-order valence-electron chi connectivity index (χ2n) is 10.3. The summed E-state index contributed by atoms with van der Waals surface area (Å²) >= 11 is 0. The highest BCUT2D eigenvalue weighted by atomic mass is 16.5. The predicted octanol–water partition coefficient (Wildman–Crippen LogP) is 4.55. The Bertz CT molecular complexity index is 1290. The molecular weight excluding hydrogens is 452 g/mol.